The number of hydrogen-bond donors (Lipinski definition) is 1. The summed E-state index contributed by atoms with van der Waals surface area (Å²) in [4.78, 5) is 76.9. The third-order valence-electron chi connectivity index (χ3n) is 14.9. The van der Waals surface area contributed by atoms with Gasteiger partial charge in [0, 0.05) is 29.7 Å². The van der Waals surface area contributed by atoms with E-state index in [4.69, 9.17) is 33.4 Å². The van der Waals surface area contributed by atoms with Gasteiger partial charge in [-0.3, -0.25) is 14.4 Å². The highest BCUT2D eigenvalue weighted by atomic mass is 16.6. The van der Waals surface area contributed by atoms with Crippen molar-refractivity contribution in [1.29, 1.82) is 0 Å². The summed E-state index contributed by atoms with van der Waals surface area (Å²) < 4.78 is 38.2. The van der Waals surface area contributed by atoms with Crippen LogP contribution in [0.2, 0.25) is 0 Å². The summed E-state index contributed by atoms with van der Waals surface area (Å²) in [6, 6.07) is 25.9. The van der Waals surface area contributed by atoms with Crippen molar-refractivity contribution in [3.05, 3.63) is 119 Å². The molecule has 13 heteroatoms. The lowest BCUT2D eigenvalue weighted by atomic mass is 9.43. The maximum absolute atomic E-state index is 15.8. The van der Waals surface area contributed by atoms with Gasteiger partial charge in [0.1, 0.15) is 30.0 Å². The zero-order chi connectivity index (χ0) is 44.6. The predicted octanol–water partition coefficient (Wildman–Crippen LogP) is 6.46. The summed E-state index contributed by atoms with van der Waals surface area (Å²) in [5.74, 6) is -5.15. The Morgan fingerprint density at radius 3 is 2.08 bits per heavy atom. The predicted molar refractivity (Wildman–Crippen MR) is 226 cm³/mol. The highest BCUT2D eigenvalue weighted by molar-refractivity contribution is 5.98. The van der Waals surface area contributed by atoms with Crippen molar-refractivity contribution >= 4 is 35.6 Å². The topological polar surface area (TPSA) is 173 Å². The molecule has 2 heterocycles. The average molecular weight is 860 g/mol. The highest BCUT2D eigenvalue weighted by Gasteiger charge is 2.78. The molecule has 3 aromatic rings. The van der Waals surface area contributed by atoms with Gasteiger partial charge in [0.25, 0.3) is 0 Å². The van der Waals surface area contributed by atoms with Crippen molar-refractivity contribution in [2.24, 2.45) is 33.6 Å². The molecule has 13 nitrogen and oxygen atoms in total. The molecule has 9 rings (SSSR count). The fourth-order valence-electron chi connectivity index (χ4n) is 11.1. The Bertz CT molecular complexity index is 2390. The fourth-order valence-corrected chi connectivity index (χ4v) is 11.1. The van der Waals surface area contributed by atoms with Crippen LogP contribution in [0.5, 0.6) is 0 Å². The summed E-state index contributed by atoms with van der Waals surface area (Å²) in [6.45, 7) is 9.77. The number of nitrogens with zero attached hydrogens (tertiary/aromatic N) is 1. The molecular weight excluding hydrogens is 807 g/mol. The first-order valence-electron chi connectivity index (χ1n) is 21.8. The van der Waals surface area contributed by atoms with E-state index in [1.165, 1.54) is 6.92 Å². The van der Waals surface area contributed by atoms with Crippen molar-refractivity contribution in [2.75, 3.05) is 6.61 Å². The Hall–Kier alpha value is -5.66. The number of rotatable bonds is 9. The van der Waals surface area contributed by atoms with E-state index < -0.39 is 100 Å². The van der Waals surface area contributed by atoms with Gasteiger partial charge in [0.05, 0.1) is 24.0 Å². The monoisotopic (exact) mass is 859 g/mol. The molecule has 330 valence electrons. The van der Waals surface area contributed by atoms with Crippen LogP contribution in [0.15, 0.2) is 107 Å². The van der Waals surface area contributed by atoms with Gasteiger partial charge in [-0.05, 0) is 73.1 Å². The number of Topliss-reactive ketones (excluding diaryl/α,β-unsaturated/α-hetero) is 1. The Morgan fingerprint density at radius 2 is 1.48 bits per heavy atom. The van der Waals surface area contributed by atoms with Crippen LogP contribution in [0.4, 0.5) is 0 Å². The number of ketones is 1. The lowest BCUT2D eigenvalue weighted by Gasteiger charge is -2.68. The van der Waals surface area contributed by atoms with Crippen molar-refractivity contribution in [2.45, 2.75) is 115 Å². The van der Waals surface area contributed by atoms with Crippen LogP contribution in [0, 0.1) is 28.6 Å². The molecule has 2 aliphatic heterocycles. The maximum atomic E-state index is 15.8. The minimum Gasteiger partial charge on any atom is -0.459 e. The number of fused-ring (bicyclic) bond motifs is 5. The largest absolute Gasteiger partial charge is 0.459 e. The smallest absolute Gasteiger partial charge is 0.350 e. The van der Waals surface area contributed by atoms with Gasteiger partial charge < -0.3 is 33.5 Å². The molecule has 0 amide bonds. The van der Waals surface area contributed by atoms with Crippen molar-refractivity contribution in [3.63, 3.8) is 0 Å². The number of aliphatic imine (C=N–C) groups is 1. The summed E-state index contributed by atoms with van der Waals surface area (Å²) in [7, 11) is 0. The van der Waals surface area contributed by atoms with E-state index in [0.717, 1.165) is 0 Å². The van der Waals surface area contributed by atoms with Gasteiger partial charge in [-0.15, -0.1) is 0 Å². The van der Waals surface area contributed by atoms with E-state index in [1.807, 2.05) is 67.6 Å². The number of benzene rings is 3. The first-order valence-corrected chi connectivity index (χ1v) is 21.8. The van der Waals surface area contributed by atoms with Crippen LogP contribution >= 0.6 is 0 Å². The third kappa shape index (κ3) is 6.81. The second-order valence-corrected chi connectivity index (χ2v) is 18.9. The Kier molecular flexibility index (Phi) is 10.5. The number of ether oxygens (including phenoxy) is 6. The molecule has 0 spiro atoms. The number of esters is 4. The maximum Gasteiger partial charge on any atom is 0.350 e. The van der Waals surface area contributed by atoms with Gasteiger partial charge >= 0.3 is 23.9 Å². The summed E-state index contributed by atoms with van der Waals surface area (Å²) in [5.41, 5.74) is -4.62. The molecule has 4 aliphatic carbocycles. The minimum atomic E-state index is -2.18. The Morgan fingerprint density at radius 1 is 0.841 bits per heavy atom. The molecule has 6 aliphatic rings. The molecule has 0 radical (unpaired) electrons. The molecule has 1 N–H and O–H groups in total. The summed E-state index contributed by atoms with van der Waals surface area (Å²) >= 11 is 0. The highest BCUT2D eigenvalue weighted by Crippen LogP contribution is 2.66. The number of carbonyl (C=O) groups excluding carboxylic acids is 5. The molecule has 1 saturated heterocycles. The van der Waals surface area contributed by atoms with Gasteiger partial charge in [0.2, 0.25) is 12.0 Å². The Balaban J connectivity index is 1.20. The molecule has 3 aromatic carbocycles. The fraction of sp³-hybridized carbons (Fsp3) is 0.480. The zero-order valence-corrected chi connectivity index (χ0v) is 36.3. The van der Waals surface area contributed by atoms with Crippen molar-refractivity contribution < 1.29 is 57.5 Å². The van der Waals surface area contributed by atoms with Gasteiger partial charge in [-0.25, -0.2) is 14.6 Å². The van der Waals surface area contributed by atoms with E-state index in [1.54, 1.807) is 58.0 Å². The van der Waals surface area contributed by atoms with E-state index >= 15 is 4.79 Å². The molecular formula is C50H53NO12. The van der Waals surface area contributed by atoms with Crippen LogP contribution < -0.4 is 0 Å². The molecule has 11 atom stereocenters. The van der Waals surface area contributed by atoms with Crippen LogP contribution in [-0.4, -0.2) is 89.0 Å². The summed E-state index contributed by atoms with van der Waals surface area (Å²) in [6.07, 6.45) is -5.14. The van der Waals surface area contributed by atoms with Crippen molar-refractivity contribution in [1.82, 2.24) is 0 Å². The van der Waals surface area contributed by atoms with Crippen LogP contribution in [0.25, 0.3) is 0 Å². The van der Waals surface area contributed by atoms with E-state index in [0.29, 0.717) is 36.0 Å². The molecule has 3 saturated carbocycles. The standard InChI is InChI=1S/C50H53NO12/c1-27-24-35-49(26-58-35,63-45(55)33-22-23-33)40-42(62-44(54)32-20-14-9-15-21-32)50(57)25-34(28(2)36(47(50,4)5)38(59-29(3)52)41(53)48(27,40)6)60-46(56)39-37(30-16-10-7-11-17-30)51-43(61-39)31-18-12-8-13-19-31/h7-21,27,33-35,37-40,42,57H,22-26H2,1-6H3. The zero-order valence-electron chi connectivity index (χ0n) is 36.3. The normalized spacial score (nSPS) is 35.2. The van der Waals surface area contributed by atoms with Gasteiger partial charge in [-0.2, -0.15) is 0 Å². The number of aliphatic hydroxyl groups is 1. The molecule has 11 unspecified atom stereocenters. The second kappa shape index (κ2) is 15.5. The number of carbonyl (C=O) groups is 5. The SMILES string of the molecule is CC(=O)OC1C(=O)C2(C)C(C)CC3OCC3(OC(=O)C3CC3)C2C(OC(=O)c2ccccc2)C2(O)CC(OC(=O)C3OC(c4ccccc4)=NC3c3ccccc3)C(C)=C1C2(C)C. The van der Waals surface area contributed by atoms with E-state index in [9.17, 15) is 24.3 Å². The quantitative estimate of drug-likeness (QED) is 0.142. The first kappa shape index (κ1) is 42.6. The van der Waals surface area contributed by atoms with Crippen molar-refractivity contribution in [3.8, 4) is 0 Å². The second-order valence-electron chi connectivity index (χ2n) is 18.9. The molecule has 63 heavy (non-hydrogen) atoms. The van der Waals surface area contributed by atoms with E-state index in [-0.39, 0.29) is 36.0 Å². The molecule has 2 bridgehead atoms. The van der Waals surface area contributed by atoms with Crippen LogP contribution in [-0.2, 0) is 47.6 Å². The third-order valence-corrected chi connectivity index (χ3v) is 14.9. The summed E-state index contributed by atoms with van der Waals surface area (Å²) in [5, 5.41) is 14.0. The molecule has 4 fully saturated rings. The first-order chi connectivity index (χ1) is 30.0. The number of hydrogen-bond acceptors (Lipinski definition) is 13. The minimum absolute atomic E-state index is 0.131. The van der Waals surface area contributed by atoms with E-state index in [2.05, 4.69) is 0 Å². The Labute approximate surface area is 366 Å². The van der Waals surface area contributed by atoms with Crippen LogP contribution in [0.3, 0.4) is 0 Å². The molecule has 0 aromatic heterocycles. The lowest BCUT2D eigenvalue weighted by Crippen LogP contribution is -2.81. The van der Waals surface area contributed by atoms with Gasteiger partial charge in [0.15, 0.2) is 17.5 Å². The lowest BCUT2D eigenvalue weighted by molar-refractivity contribution is -0.341. The van der Waals surface area contributed by atoms with Gasteiger partial charge in [-0.1, -0.05) is 94.4 Å². The van der Waals surface area contributed by atoms with Crippen LogP contribution in [0.1, 0.15) is 94.8 Å². The average Bonchev–Trinajstić information content (AvgIpc) is 4.03.